The molecule has 0 heterocycles. The predicted molar refractivity (Wildman–Crippen MR) is 60.6 cm³/mol. The third-order valence-electron chi connectivity index (χ3n) is 1.56. The number of carbonyl (C=O) groups is 1. The topological polar surface area (TPSA) is 37.3 Å². The molecule has 0 bridgehead atoms. The van der Waals surface area contributed by atoms with Crippen LogP contribution in [-0.4, -0.2) is 11.1 Å². The third-order valence-corrected chi connectivity index (χ3v) is 2.54. The van der Waals surface area contributed by atoms with Crippen LogP contribution in [0, 0.1) is 10.5 Å². The molecule has 1 aromatic rings. The van der Waals surface area contributed by atoms with E-state index in [1.165, 1.54) is 0 Å². The highest BCUT2D eigenvalue weighted by Crippen LogP contribution is 2.15. The monoisotopic (exact) mass is 288 g/mol. The molecule has 0 radical (unpaired) electrons. The molecule has 1 aromatic carbocycles. The van der Waals surface area contributed by atoms with Crippen molar-refractivity contribution in [2.45, 2.75) is 6.92 Å². The largest absolute Gasteiger partial charge is 0.478 e. The van der Waals surface area contributed by atoms with Gasteiger partial charge in [0.05, 0.1) is 0 Å². The van der Waals surface area contributed by atoms with Gasteiger partial charge < -0.3 is 5.11 Å². The fourth-order valence-corrected chi connectivity index (χ4v) is 1.47. The zero-order chi connectivity index (χ0) is 9.84. The minimum atomic E-state index is -0.919. The number of aryl methyl sites for hydroxylation is 1. The molecule has 0 aromatic heterocycles. The van der Waals surface area contributed by atoms with Crippen molar-refractivity contribution < 1.29 is 9.90 Å². The van der Waals surface area contributed by atoms with Gasteiger partial charge in [0.1, 0.15) is 0 Å². The maximum Gasteiger partial charge on any atom is 0.328 e. The summed E-state index contributed by atoms with van der Waals surface area (Å²) >= 11 is 2.18. The average molecular weight is 288 g/mol. The summed E-state index contributed by atoms with van der Waals surface area (Å²) in [5.41, 5.74) is 2.08. The predicted octanol–water partition coefficient (Wildman–Crippen LogP) is 2.70. The van der Waals surface area contributed by atoms with Gasteiger partial charge in [-0.3, -0.25) is 0 Å². The molecular weight excluding hydrogens is 279 g/mol. The minimum absolute atomic E-state index is 0.919. The Morgan fingerprint density at radius 1 is 1.54 bits per heavy atom. The number of aliphatic carboxylic acids is 1. The lowest BCUT2D eigenvalue weighted by molar-refractivity contribution is -0.131. The number of halogens is 1. The summed E-state index contributed by atoms with van der Waals surface area (Å²) in [7, 11) is 0. The summed E-state index contributed by atoms with van der Waals surface area (Å²) < 4.78 is 1.06. The maximum absolute atomic E-state index is 10.3. The molecule has 0 fully saturated rings. The molecule has 0 aliphatic carbocycles. The molecule has 0 spiro atoms. The Hall–Kier alpha value is -0.840. The quantitative estimate of drug-likeness (QED) is 0.671. The van der Waals surface area contributed by atoms with E-state index in [0.717, 1.165) is 20.8 Å². The van der Waals surface area contributed by atoms with Gasteiger partial charge in [0.25, 0.3) is 0 Å². The van der Waals surface area contributed by atoms with E-state index in [1.54, 1.807) is 6.08 Å². The lowest BCUT2D eigenvalue weighted by atomic mass is 10.1. The number of hydrogen-bond donors (Lipinski definition) is 1. The first-order valence-corrected chi connectivity index (χ1v) is 4.84. The van der Waals surface area contributed by atoms with Crippen LogP contribution in [0.3, 0.4) is 0 Å². The SMILES string of the molecule is Cc1ccc(I)c(/C=C/C(=O)O)c1. The van der Waals surface area contributed by atoms with Crippen LogP contribution in [0.15, 0.2) is 24.3 Å². The second-order valence-electron chi connectivity index (χ2n) is 2.70. The van der Waals surface area contributed by atoms with Crippen LogP contribution < -0.4 is 0 Å². The van der Waals surface area contributed by atoms with Crippen LogP contribution in [0.25, 0.3) is 6.08 Å². The van der Waals surface area contributed by atoms with Gasteiger partial charge in [-0.05, 0) is 47.2 Å². The van der Waals surface area contributed by atoms with Crippen LogP contribution in [0.1, 0.15) is 11.1 Å². The number of benzene rings is 1. The molecule has 0 atom stereocenters. The smallest absolute Gasteiger partial charge is 0.328 e. The molecule has 0 amide bonds. The Labute approximate surface area is 90.4 Å². The van der Waals surface area contributed by atoms with E-state index in [9.17, 15) is 4.79 Å². The average Bonchev–Trinajstić information content (AvgIpc) is 2.06. The lowest BCUT2D eigenvalue weighted by Crippen LogP contribution is -1.87. The van der Waals surface area contributed by atoms with Crippen molar-refractivity contribution in [2.24, 2.45) is 0 Å². The van der Waals surface area contributed by atoms with Crippen molar-refractivity contribution in [1.82, 2.24) is 0 Å². The second-order valence-corrected chi connectivity index (χ2v) is 3.86. The Morgan fingerprint density at radius 3 is 2.85 bits per heavy atom. The van der Waals surface area contributed by atoms with Crippen molar-refractivity contribution in [3.8, 4) is 0 Å². The van der Waals surface area contributed by atoms with Gasteiger partial charge in [0.15, 0.2) is 0 Å². The summed E-state index contributed by atoms with van der Waals surface area (Å²) in [5, 5.41) is 8.45. The zero-order valence-electron chi connectivity index (χ0n) is 7.12. The molecular formula is C10H9IO2. The molecule has 1 N–H and O–H groups in total. The number of rotatable bonds is 2. The highest BCUT2D eigenvalue weighted by atomic mass is 127. The van der Waals surface area contributed by atoms with Gasteiger partial charge in [-0.15, -0.1) is 0 Å². The summed E-state index contributed by atoms with van der Waals surface area (Å²) in [6, 6.07) is 5.93. The lowest BCUT2D eigenvalue weighted by Gasteiger charge is -1.99. The highest BCUT2D eigenvalue weighted by molar-refractivity contribution is 14.1. The van der Waals surface area contributed by atoms with Gasteiger partial charge in [-0.25, -0.2) is 4.79 Å². The summed E-state index contributed by atoms with van der Waals surface area (Å²) in [5.74, 6) is -0.919. The molecule has 0 saturated heterocycles. The summed E-state index contributed by atoms with van der Waals surface area (Å²) in [6.45, 7) is 1.98. The van der Waals surface area contributed by atoms with Crippen molar-refractivity contribution >= 4 is 34.6 Å². The van der Waals surface area contributed by atoms with Crippen LogP contribution in [0.4, 0.5) is 0 Å². The fourth-order valence-electron chi connectivity index (χ4n) is 0.952. The van der Waals surface area contributed by atoms with Gasteiger partial charge >= 0.3 is 5.97 Å². The van der Waals surface area contributed by atoms with Crippen molar-refractivity contribution in [3.63, 3.8) is 0 Å². The molecule has 13 heavy (non-hydrogen) atoms. The van der Waals surface area contributed by atoms with Crippen LogP contribution in [0.5, 0.6) is 0 Å². The van der Waals surface area contributed by atoms with E-state index in [0.29, 0.717) is 0 Å². The Bertz CT molecular complexity index is 356. The third kappa shape index (κ3) is 3.18. The van der Waals surface area contributed by atoms with Crippen LogP contribution in [0.2, 0.25) is 0 Å². The van der Waals surface area contributed by atoms with E-state index in [-0.39, 0.29) is 0 Å². The van der Waals surface area contributed by atoms with Gasteiger partial charge in [-0.2, -0.15) is 0 Å². The van der Waals surface area contributed by atoms with Crippen molar-refractivity contribution in [1.29, 1.82) is 0 Å². The molecule has 0 aliphatic rings. The van der Waals surface area contributed by atoms with E-state index in [2.05, 4.69) is 22.6 Å². The summed E-state index contributed by atoms with van der Waals surface area (Å²) in [6.07, 6.45) is 2.76. The summed E-state index contributed by atoms with van der Waals surface area (Å²) in [4.78, 5) is 10.3. The molecule has 68 valence electrons. The molecule has 2 nitrogen and oxygen atoms in total. The molecule has 3 heteroatoms. The van der Waals surface area contributed by atoms with Crippen molar-refractivity contribution in [3.05, 3.63) is 39.0 Å². The van der Waals surface area contributed by atoms with Gasteiger partial charge in [0, 0.05) is 9.65 Å². The standard InChI is InChI=1S/C10H9IO2/c1-7-2-4-9(11)8(6-7)3-5-10(12)13/h2-6H,1H3,(H,12,13)/b5-3+. The van der Waals surface area contributed by atoms with Gasteiger partial charge in [0.2, 0.25) is 0 Å². The van der Waals surface area contributed by atoms with Gasteiger partial charge in [-0.1, -0.05) is 17.7 Å². The van der Waals surface area contributed by atoms with E-state index < -0.39 is 5.97 Å². The zero-order valence-corrected chi connectivity index (χ0v) is 9.28. The first-order chi connectivity index (χ1) is 6.09. The second kappa shape index (κ2) is 4.41. The Kier molecular flexibility index (Phi) is 3.48. The van der Waals surface area contributed by atoms with E-state index in [1.807, 2.05) is 25.1 Å². The minimum Gasteiger partial charge on any atom is -0.478 e. The van der Waals surface area contributed by atoms with Crippen molar-refractivity contribution in [2.75, 3.05) is 0 Å². The maximum atomic E-state index is 10.3. The number of carboxylic acids is 1. The van der Waals surface area contributed by atoms with E-state index >= 15 is 0 Å². The van der Waals surface area contributed by atoms with Crippen LogP contribution >= 0.6 is 22.6 Å². The van der Waals surface area contributed by atoms with E-state index in [4.69, 9.17) is 5.11 Å². The Morgan fingerprint density at radius 2 is 2.23 bits per heavy atom. The normalized spacial score (nSPS) is 10.6. The number of hydrogen-bond acceptors (Lipinski definition) is 1. The highest BCUT2D eigenvalue weighted by Gasteiger charge is 1.96. The first-order valence-electron chi connectivity index (χ1n) is 3.77. The first kappa shape index (κ1) is 10.2. The molecule has 1 rings (SSSR count). The number of carboxylic acid groups (broad SMARTS) is 1. The Balaban J connectivity index is 3.00. The molecule has 0 saturated carbocycles. The molecule has 0 unspecified atom stereocenters. The molecule has 0 aliphatic heterocycles. The van der Waals surface area contributed by atoms with Crippen LogP contribution in [-0.2, 0) is 4.79 Å². The fraction of sp³-hybridized carbons (Fsp3) is 0.100.